The Morgan fingerprint density at radius 3 is 1.00 bits per heavy atom. The number of rotatable bonds is 18. The summed E-state index contributed by atoms with van der Waals surface area (Å²) in [5.74, 6) is 0. The molecule has 2 heteroatoms. The van der Waals surface area contributed by atoms with E-state index in [9.17, 15) is 0 Å². The molecular formula is C26H58P2. The van der Waals surface area contributed by atoms with Gasteiger partial charge in [-0.25, -0.2) is 0 Å². The van der Waals surface area contributed by atoms with E-state index in [1.165, 1.54) is 77.0 Å². The van der Waals surface area contributed by atoms with Crippen LogP contribution in [-0.4, -0.2) is 49.3 Å². The first kappa shape index (κ1) is 26.9. The predicted molar refractivity (Wildman–Crippen MR) is 143 cm³/mol. The molecule has 0 radical (unpaired) electrons. The summed E-state index contributed by atoms with van der Waals surface area (Å²) in [5, 5.41) is 0. The fourth-order valence-corrected chi connectivity index (χ4v) is 21.8. The molecule has 0 N–H and O–H groups in total. The van der Waals surface area contributed by atoms with Crippen LogP contribution in [0.4, 0.5) is 0 Å². The summed E-state index contributed by atoms with van der Waals surface area (Å²) >= 11 is 0. The summed E-state index contributed by atoms with van der Waals surface area (Å²) < 4.78 is 0. The molecule has 0 aliphatic carbocycles. The number of unbranched alkanes of at least 4 members (excludes halogenated alkanes) is 10. The van der Waals surface area contributed by atoms with Crippen molar-refractivity contribution in [1.29, 1.82) is 0 Å². The molecule has 0 aromatic carbocycles. The van der Waals surface area contributed by atoms with Crippen molar-refractivity contribution in [3.8, 4) is 0 Å². The molecule has 0 amide bonds. The Morgan fingerprint density at radius 1 is 0.357 bits per heavy atom. The van der Waals surface area contributed by atoms with Gasteiger partial charge >= 0.3 is 181 Å². The van der Waals surface area contributed by atoms with E-state index >= 15 is 0 Å². The Hall–Kier alpha value is 0.860. The molecule has 0 unspecified atom stereocenters. The van der Waals surface area contributed by atoms with Crippen LogP contribution in [0.25, 0.3) is 0 Å². The maximum atomic E-state index is 2.47. The first-order valence-corrected chi connectivity index (χ1v) is 19.3. The average molecular weight is 433 g/mol. The van der Waals surface area contributed by atoms with Gasteiger partial charge in [0.05, 0.1) is 0 Å². The summed E-state index contributed by atoms with van der Waals surface area (Å²) in [7, 11) is -1.80. The van der Waals surface area contributed by atoms with Crippen molar-refractivity contribution in [2.75, 3.05) is 49.3 Å². The molecule has 0 atom stereocenters. The van der Waals surface area contributed by atoms with E-state index in [4.69, 9.17) is 0 Å². The topological polar surface area (TPSA) is 0 Å². The third-order valence-corrected chi connectivity index (χ3v) is 20.2. The third-order valence-electron chi connectivity index (χ3n) is 8.05. The normalized spacial score (nSPS) is 20.7. The number of hydrogen-bond acceptors (Lipinski definition) is 0. The van der Waals surface area contributed by atoms with Crippen LogP contribution in [0.15, 0.2) is 0 Å². The second-order valence-corrected chi connectivity index (χ2v) is 20.5. The summed E-state index contributed by atoms with van der Waals surface area (Å²) in [6.45, 7) is 9.61. The second kappa shape index (κ2) is 16.5. The van der Waals surface area contributed by atoms with Crippen LogP contribution in [0, 0.1) is 0 Å². The van der Waals surface area contributed by atoms with Crippen LogP contribution in [0.5, 0.6) is 0 Å². The van der Waals surface area contributed by atoms with E-state index in [-0.39, 0.29) is 0 Å². The van der Waals surface area contributed by atoms with Crippen molar-refractivity contribution in [3.63, 3.8) is 0 Å². The van der Waals surface area contributed by atoms with E-state index < -0.39 is 14.5 Å². The van der Waals surface area contributed by atoms with Gasteiger partial charge in [0.25, 0.3) is 0 Å². The van der Waals surface area contributed by atoms with Crippen molar-refractivity contribution in [2.24, 2.45) is 0 Å². The quantitative estimate of drug-likeness (QED) is 0.150. The van der Waals surface area contributed by atoms with Gasteiger partial charge in [0, 0.05) is 0 Å². The SMILES string of the molecule is CCCCCCCC[PH]1(CCC)CC[PH](CCC)(CCCCCCCC)CC1. The van der Waals surface area contributed by atoms with Crippen LogP contribution in [0.1, 0.15) is 118 Å². The van der Waals surface area contributed by atoms with E-state index in [0.29, 0.717) is 0 Å². The summed E-state index contributed by atoms with van der Waals surface area (Å²) in [4.78, 5) is 0. The van der Waals surface area contributed by atoms with Crippen LogP contribution in [0.2, 0.25) is 0 Å². The Morgan fingerprint density at radius 2 is 0.679 bits per heavy atom. The molecule has 1 saturated heterocycles. The Bertz CT molecular complexity index is 310. The first-order chi connectivity index (χ1) is 13.7. The maximum absolute atomic E-state index is 2.47. The van der Waals surface area contributed by atoms with Gasteiger partial charge in [0.1, 0.15) is 0 Å². The molecular weight excluding hydrogens is 374 g/mol. The molecule has 28 heavy (non-hydrogen) atoms. The van der Waals surface area contributed by atoms with Gasteiger partial charge in [-0.15, -0.1) is 0 Å². The van der Waals surface area contributed by atoms with E-state index in [2.05, 4.69) is 27.7 Å². The minimum atomic E-state index is -0.899. The van der Waals surface area contributed by atoms with Crippen molar-refractivity contribution in [1.82, 2.24) is 0 Å². The summed E-state index contributed by atoms with van der Waals surface area (Å²) in [6.07, 6.45) is 34.6. The fraction of sp³-hybridized carbons (Fsp3) is 1.00. The van der Waals surface area contributed by atoms with Crippen molar-refractivity contribution in [3.05, 3.63) is 0 Å². The van der Waals surface area contributed by atoms with Gasteiger partial charge in [-0.05, 0) is 0 Å². The Labute approximate surface area is 181 Å². The van der Waals surface area contributed by atoms with E-state index in [0.717, 1.165) is 0 Å². The van der Waals surface area contributed by atoms with Gasteiger partial charge in [-0.2, -0.15) is 0 Å². The molecule has 0 aromatic rings. The molecule has 172 valence electrons. The van der Waals surface area contributed by atoms with E-state index in [1.807, 2.05) is 0 Å². The number of hydrogen-bond donors (Lipinski definition) is 0. The minimum absolute atomic E-state index is 0.899. The zero-order chi connectivity index (χ0) is 20.6. The second-order valence-electron chi connectivity index (χ2n) is 10.5. The molecule has 0 spiro atoms. The first-order valence-electron chi connectivity index (χ1n) is 13.7. The fourth-order valence-electron chi connectivity index (χ4n) is 6.18. The molecule has 0 nitrogen and oxygen atoms in total. The van der Waals surface area contributed by atoms with Crippen LogP contribution in [0.3, 0.4) is 0 Å². The molecule has 1 aliphatic heterocycles. The van der Waals surface area contributed by atoms with Gasteiger partial charge < -0.3 is 0 Å². The van der Waals surface area contributed by atoms with Crippen LogP contribution >= 0.6 is 14.5 Å². The molecule has 0 saturated carbocycles. The van der Waals surface area contributed by atoms with Gasteiger partial charge in [0.15, 0.2) is 0 Å². The predicted octanol–water partition coefficient (Wildman–Crippen LogP) is 9.04. The summed E-state index contributed by atoms with van der Waals surface area (Å²) in [5.41, 5.74) is 0. The molecule has 0 bridgehead atoms. The van der Waals surface area contributed by atoms with Gasteiger partial charge in [-0.3, -0.25) is 0 Å². The van der Waals surface area contributed by atoms with Crippen molar-refractivity contribution < 1.29 is 0 Å². The Balaban J connectivity index is 2.43. The zero-order valence-electron chi connectivity index (χ0n) is 20.6. The van der Waals surface area contributed by atoms with Crippen molar-refractivity contribution >= 4 is 14.5 Å². The van der Waals surface area contributed by atoms with Gasteiger partial charge in [0.2, 0.25) is 0 Å². The van der Waals surface area contributed by atoms with Gasteiger partial charge in [-0.1, -0.05) is 0 Å². The molecule has 0 aromatic heterocycles. The molecule has 1 fully saturated rings. The monoisotopic (exact) mass is 432 g/mol. The Kier molecular flexibility index (Phi) is 15.9. The zero-order valence-corrected chi connectivity index (χ0v) is 22.6. The standard InChI is InChI=1S/C26H58P2/c1-5-9-11-13-15-17-21-27(19-7-3)23-25-28(20-8-4,26-24-27)22-18-16-14-12-10-6-2/h27-28H,5-26H2,1-4H3. The third kappa shape index (κ3) is 10.8. The molecule has 1 rings (SSSR count). The molecule has 1 heterocycles. The summed E-state index contributed by atoms with van der Waals surface area (Å²) in [6, 6.07) is 0. The van der Waals surface area contributed by atoms with Crippen LogP contribution < -0.4 is 0 Å². The molecule has 1 aliphatic rings. The average Bonchev–Trinajstić information content (AvgIpc) is 2.70. The van der Waals surface area contributed by atoms with Crippen LogP contribution in [-0.2, 0) is 0 Å². The van der Waals surface area contributed by atoms with Crippen molar-refractivity contribution in [2.45, 2.75) is 118 Å². The van der Waals surface area contributed by atoms with E-state index in [1.54, 1.807) is 62.1 Å².